The maximum absolute atomic E-state index is 12.7. The Morgan fingerprint density at radius 1 is 1.38 bits per heavy atom. The Morgan fingerprint density at radius 2 is 1.94 bits per heavy atom. The van der Waals surface area contributed by atoms with Crippen LogP contribution in [0.3, 0.4) is 0 Å². The lowest BCUT2D eigenvalue weighted by molar-refractivity contribution is -0.148. The van der Waals surface area contributed by atoms with Crippen molar-refractivity contribution < 1.29 is 14.3 Å². The van der Waals surface area contributed by atoms with Crippen molar-refractivity contribution in [3.8, 4) is 0 Å². The van der Waals surface area contributed by atoms with Gasteiger partial charge in [-0.2, -0.15) is 0 Å². The Morgan fingerprint density at radius 3 is 2.38 bits per heavy atom. The Hall–Kier alpha value is -1.38. The molecular formula is C13H17FO2. The molecule has 0 bridgehead atoms. The number of aryl methyl sites for hydroxylation is 1. The Bertz CT molecular complexity index is 359. The van der Waals surface area contributed by atoms with Crippen molar-refractivity contribution in [1.82, 2.24) is 0 Å². The van der Waals surface area contributed by atoms with Gasteiger partial charge in [0.2, 0.25) is 0 Å². The van der Waals surface area contributed by atoms with E-state index in [4.69, 9.17) is 5.11 Å². The lowest BCUT2D eigenvalue weighted by Crippen LogP contribution is -2.27. The molecule has 1 N–H and O–H groups in total. The van der Waals surface area contributed by atoms with Gasteiger partial charge in [0.1, 0.15) is 5.82 Å². The molecule has 0 saturated carbocycles. The van der Waals surface area contributed by atoms with Gasteiger partial charge >= 0.3 is 5.97 Å². The highest BCUT2D eigenvalue weighted by Gasteiger charge is 2.30. The molecule has 16 heavy (non-hydrogen) atoms. The van der Waals surface area contributed by atoms with Gasteiger partial charge in [0.05, 0.1) is 5.41 Å². The van der Waals surface area contributed by atoms with Crippen molar-refractivity contribution in [3.63, 3.8) is 0 Å². The number of halogens is 1. The zero-order chi connectivity index (χ0) is 12.2. The minimum atomic E-state index is -0.767. The molecule has 2 nitrogen and oxygen atoms in total. The zero-order valence-corrected chi connectivity index (χ0v) is 9.66. The van der Waals surface area contributed by atoms with Gasteiger partial charge in [-0.05, 0) is 43.9 Å². The molecular weight excluding hydrogens is 207 g/mol. The highest BCUT2D eigenvalue weighted by molar-refractivity contribution is 5.74. The molecule has 1 unspecified atom stereocenters. The smallest absolute Gasteiger partial charge is 0.309 e. The van der Waals surface area contributed by atoms with E-state index in [1.165, 1.54) is 12.1 Å². The van der Waals surface area contributed by atoms with Crippen molar-refractivity contribution in [3.05, 3.63) is 35.6 Å². The van der Waals surface area contributed by atoms with Gasteiger partial charge in [0.15, 0.2) is 0 Å². The third-order valence-corrected chi connectivity index (χ3v) is 3.18. The minimum absolute atomic E-state index is 0.264. The van der Waals surface area contributed by atoms with Gasteiger partial charge in [0, 0.05) is 0 Å². The van der Waals surface area contributed by atoms with Gasteiger partial charge in [-0.3, -0.25) is 4.79 Å². The Balaban J connectivity index is 2.63. The maximum atomic E-state index is 12.7. The first-order chi connectivity index (χ1) is 7.48. The summed E-state index contributed by atoms with van der Waals surface area (Å²) in [5, 5.41) is 9.09. The van der Waals surface area contributed by atoms with Crippen molar-refractivity contribution >= 4 is 5.97 Å². The normalized spacial score (nSPS) is 14.4. The maximum Gasteiger partial charge on any atom is 0.309 e. The van der Waals surface area contributed by atoms with E-state index in [1.54, 1.807) is 19.1 Å². The van der Waals surface area contributed by atoms with Gasteiger partial charge in [-0.25, -0.2) is 4.39 Å². The summed E-state index contributed by atoms with van der Waals surface area (Å²) in [5.74, 6) is -1.03. The van der Waals surface area contributed by atoms with Gasteiger partial charge in [-0.1, -0.05) is 19.1 Å². The quantitative estimate of drug-likeness (QED) is 0.833. The molecule has 1 aromatic carbocycles. The van der Waals surface area contributed by atoms with E-state index >= 15 is 0 Å². The van der Waals surface area contributed by atoms with E-state index in [1.807, 2.05) is 6.92 Å². The third-order valence-electron chi connectivity index (χ3n) is 3.18. The molecule has 0 aliphatic carbocycles. The number of benzene rings is 1. The van der Waals surface area contributed by atoms with Gasteiger partial charge in [-0.15, -0.1) is 0 Å². The van der Waals surface area contributed by atoms with Crippen LogP contribution in [0.15, 0.2) is 24.3 Å². The third kappa shape index (κ3) is 3.05. The minimum Gasteiger partial charge on any atom is -0.481 e. The number of carboxylic acids is 1. The topological polar surface area (TPSA) is 37.3 Å². The van der Waals surface area contributed by atoms with Crippen molar-refractivity contribution in [1.29, 1.82) is 0 Å². The largest absolute Gasteiger partial charge is 0.481 e. The summed E-state index contributed by atoms with van der Waals surface area (Å²) in [6.07, 6.45) is 1.84. The first-order valence-electron chi connectivity index (χ1n) is 5.46. The molecule has 1 rings (SSSR count). The van der Waals surface area contributed by atoms with E-state index in [0.717, 1.165) is 5.56 Å². The molecule has 88 valence electrons. The van der Waals surface area contributed by atoms with Crippen molar-refractivity contribution in [2.75, 3.05) is 0 Å². The lowest BCUT2D eigenvalue weighted by atomic mass is 9.82. The molecule has 0 heterocycles. The molecule has 0 aliphatic rings. The summed E-state index contributed by atoms with van der Waals surface area (Å²) in [4.78, 5) is 11.1. The van der Waals surface area contributed by atoms with Crippen LogP contribution in [0.5, 0.6) is 0 Å². The standard InChI is InChI=1S/C13H17FO2/c1-3-13(2,12(15)16)9-8-10-4-6-11(14)7-5-10/h4-7H,3,8-9H2,1-2H3,(H,15,16). The summed E-state index contributed by atoms with van der Waals surface area (Å²) >= 11 is 0. The molecule has 0 spiro atoms. The van der Waals surface area contributed by atoms with E-state index in [0.29, 0.717) is 19.3 Å². The fourth-order valence-corrected chi connectivity index (χ4v) is 1.51. The van der Waals surface area contributed by atoms with E-state index in [2.05, 4.69) is 0 Å². The number of hydrogen-bond acceptors (Lipinski definition) is 1. The van der Waals surface area contributed by atoms with Crippen LogP contribution in [-0.4, -0.2) is 11.1 Å². The van der Waals surface area contributed by atoms with Crippen molar-refractivity contribution in [2.45, 2.75) is 33.1 Å². The van der Waals surface area contributed by atoms with Crippen LogP contribution in [0.4, 0.5) is 4.39 Å². The first kappa shape index (κ1) is 12.7. The molecule has 0 aromatic heterocycles. The van der Waals surface area contributed by atoms with Crippen LogP contribution in [0.2, 0.25) is 0 Å². The number of rotatable bonds is 5. The zero-order valence-electron chi connectivity index (χ0n) is 9.66. The highest BCUT2D eigenvalue weighted by Crippen LogP contribution is 2.27. The molecule has 0 amide bonds. The van der Waals surface area contributed by atoms with Crippen LogP contribution >= 0.6 is 0 Å². The highest BCUT2D eigenvalue weighted by atomic mass is 19.1. The number of carbonyl (C=O) groups is 1. The lowest BCUT2D eigenvalue weighted by Gasteiger charge is -2.22. The average Bonchev–Trinajstić information content (AvgIpc) is 2.27. The fraction of sp³-hybridized carbons (Fsp3) is 0.462. The summed E-state index contributed by atoms with van der Waals surface area (Å²) in [6.45, 7) is 3.62. The number of hydrogen-bond donors (Lipinski definition) is 1. The molecule has 0 fully saturated rings. The van der Waals surface area contributed by atoms with Crippen LogP contribution in [-0.2, 0) is 11.2 Å². The molecule has 0 aliphatic heterocycles. The molecule has 3 heteroatoms. The second-order valence-electron chi connectivity index (χ2n) is 4.35. The molecule has 0 saturated heterocycles. The van der Waals surface area contributed by atoms with Crippen molar-refractivity contribution in [2.24, 2.45) is 5.41 Å². The number of aliphatic carboxylic acids is 1. The molecule has 0 radical (unpaired) electrons. The first-order valence-corrected chi connectivity index (χ1v) is 5.46. The number of carboxylic acid groups (broad SMARTS) is 1. The van der Waals surface area contributed by atoms with E-state index in [9.17, 15) is 9.18 Å². The summed E-state index contributed by atoms with van der Waals surface area (Å²) in [7, 11) is 0. The monoisotopic (exact) mass is 224 g/mol. The van der Waals surface area contributed by atoms with E-state index < -0.39 is 11.4 Å². The summed E-state index contributed by atoms with van der Waals surface area (Å²) < 4.78 is 12.7. The average molecular weight is 224 g/mol. The predicted octanol–water partition coefficient (Wildman–Crippen LogP) is 3.26. The van der Waals surface area contributed by atoms with Crippen LogP contribution in [0.25, 0.3) is 0 Å². The van der Waals surface area contributed by atoms with Gasteiger partial charge < -0.3 is 5.11 Å². The van der Waals surface area contributed by atoms with Crippen LogP contribution in [0, 0.1) is 11.2 Å². The summed E-state index contributed by atoms with van der Waals surface area (Å²) in [6, 6.07) is 6.21. The fourth-order valence-electron chi connectivity index (χ4n) is 1.51. The second kappa shape index (κ2) is 5.10. The Labute approximate surface area is 95.1 Å². The summed E-state index contributed by atoms with van der Waals surface area (Å²) in [5.41, 5.74) is 0.288. The van der Waals surface area contributed by atoms with Gasteiger partial charge in [0.25, 0.3) is 0 Å². The molecule has 1 aromatic rings. The SMILES string of the molecule is CCC(C)(CCc1ccc(F)cc1)C(=O)O. The predicted molar refractivity (Wildman–Crippen MR) is 60.8 cm³/mol. The Kier molecular flexibility index (Phi) is 4.05. The van der Waals surface area contributed by atoms with Crippen LogP contribution in [0.1, 0.15) is 32.3 Å². The van der Waals surface area contributed by atoms with Crippen LogP contribution < -0.4 is 0 Å². The molecule has 1 atom stereocenters. The second-order valence-corrected chi connectivity index (χ2v) is 4.35. The van der Waals surface area contributed by atoms with E-state index in [-0.39, 0.29) is 5.82 Å².